The first-order valence-electron chi connectivity index (χ1n) is 3.73. The Balaban J connectivity index is 3.04. The van der Waals surface area contributed by atoms with Gasteiger partial charge in [-0.15, -0.1) is 0 Å². The van der Waals surface area contributed by atoms with Crippen LogP contribution in [0.5, 0.6) is 0 Å². The minimum absolute atomic E-state index is 0.0703. The van der Waals surface area contributed by atoms with Gasteiger partial charge in [0.1, 0.15) is 0 Å². The van der Waals surface area contributed by atoms with Crippen molar-refractivity contribution in [2.75, 3.05) is 0 Å². The predicted molar refractivity (Wildman–Crippen MR) is 46.8 cm³/mol. The normalized spacial score (nSPS) is 9.54. The number of primary amides is 1. The summed E-state index contributed by atoms with van der Waals surface area (Å²) in [6.07, 6.45) is -0.0703. The first-order valence-corrected chi connectivity index (χ1v) is 3.73. The van der Waals surface area contributed by atoms with Gasteiger partial charge in [-0.25, -0.2) is 0 Å². The van der Waals surface area contributed by atoms with Crippen molar-refractivity contribution in [3.63, 3.8) is 0 Å². The fraction of sp³-hybridized carbons (Fsp3) is 0.111. The molecular weight excluding hydrogens is 168 g/mol. The van der Waals surface area contributed by atoms with Crippen molar-refractivity contribution < 1.29 is 9.59 Å². The monoisotopic (exact) mass is 177 g/mol. The zero-order valence-corrected chi connectivity index (χ0v) is 6.91. The van der Waals surface area contributed by atoms with Gasteiger partial charge in [0.15, 0.2) is 0 Å². The Bertz CT molecular complexity index is 347. The highest BCUT2D eigenvalue weighted by Crippen LogP contribution is 2.08. The topological polar surface area (TPSA) is 84.0 Å². The van der Waals surface area contributed by atoms with E-state index < -0.39 is 11.8 Å². The van der Waals surface area contributed by atoms with Crippen molar-refractivity contribution in [2.45, 2.75) is 6.42 Å². The standard InChI is InChI=1S/C9H9N2O2/c10-8(12)5-6-3-1-2-4-7(6)9(11)13/h1-4,10H,5H2,(H2,11,13). The fourth-order valence-corrected chi connectivity index (χ4v) is 1.09. The molecule has 0 atom stereocenters. The molecule has 1 aromatic rings. The van der Waals surface area contributed by atoms with E-state index in [4.69, 9.17) is 11.5 Å². The maximum atomic E-state index is 10.9. The highest BCUT2D eigenvalue weighted by atomic mass is 16.1. The number of nitrogens with two attached hydrogens (primary N) is 1. The Labute approximate surface area is 75.5 Å². The highest BCUT2D eigenvalue weighted by Gasteiger charge is 2.08. The summed E-state index contributed by atoms with van der Waals surface area (Å²) >= 11 is 0. The van der Waals surface area contributed by atoms with Crippen LogP contribution in [0.2, 0.25) is 0 Å². The second-order valence-corrected chi connectivity index (χ2v) is 2.62. The molecule has 3 N–H and O–H groups in total. The summed E-state index contributed by atoms with van der Waals surface area (Å²) in [5.41, 5.74) is 12.7. The van der Waals surface area contributed by atoms with E-state index in [0.717, 1.165) is 0 Å². The van der Waals surface area contributed by atoms with E-state index in [-0.39, 0.29) is 6.42 Å². The van der Waals surface area contributed by atoms with Crippen molar-refractivity contribution in [3.05, 3.63) is 35.4 Å². The van der Waals surface area contributed by atoms with Crippen LogP contribution < -0.4 is 11.5 Å². The molecule has 1 aromatic carbocycles. The molecule has 0 unspecified atom stereocenters. The Hall–Kier alpha value is -1.84. The summed E-state index contributed by atoms with van der Waals surface area (Å²) < 4.78 is 0. The molecule has 2 amide bonds. The molecule has 0 bridgehead atoms. The molecule has 0 aliphatic carbocycles. The van der Waals surface area contributed by atoms with Crippen LogP contribution in [0.25, 0.3) is 0 Å². The van der Waals surface area contributed by atoms with Crippen molar-refractivity contribution in [3.8, 4) is 0 Å². The van der Waals surface area contributed by atoms with E-state index in [9.17, 15) is 9.59 Å². The van der Waals surface area contributed by atoms with Gasteiger partial charge in [0.05, 0.1) is 6.42 Å². The van der Waals surface area contributed by atoms with Gasteiger partial charge in [-0.1, -0.05) is 18.2 Å². The zero-order chi connectivity index (χ0) is 9.84. The molecule has 4 nitrogen and oxygen atoms in total. The fourth-order valence-electron chi connectivity index (χ4n) is 1.09. The molecule has 0 aliphatic heterocycles. The van der Waals surface area contributed by atoms with Gasteiger partial charge in [0.25, 0.3) is 0 Å². The molecule has 0 fully saturated rings. The molecule has 0 heterocycles. The lowest BCUT2D eigenvalue weighted by Crippen LogP contribution is -2.15. The Morgan fingerprint density at radius 3 is 2.46 bits per heavy atom. The Kier molecular flexibility index (Phi) is 2.64. The Morgan fingerprint density at radius 2 is 1.92 bits per heavy atom. The lowest BCUT2D eigenvalue weighted by Gasteiger charge is -2.02. The number of benzene rings is 1. The number of carbonyl (C=O) groups excluding carboxylic acids is 2. The maximum absolute atomic E-state index is 10.9. The summed E-state index contributed by atoms with van der Waals surface area (Å²) in [6.45, 7) is 0. The number of hydrogen-bond donors (Lipinski definition) is 1. The van der Waals surface area contributed by atoms with Gasteiger partial charge in [-0.05, 0) is 11.6 Å². The van der Waals surface area contributed by atoms with Crippen molar-refractivity contribution >= 4 is 11.8 Å². The number of amides is 2. The molecule has 4 heteroatoms. The van der Waals surface area contributed by atoms with Crippen LogP contribution in [0.15, 0.2) is 24.3 Å². The third-order valence-corrected chi connectivity index (χ3v) is 1.63. The van der Waals surface area contributed by atoms with E-state index >= 15 is 0 Å². The van der Waals surface area contributed by atoms with Crippen molar-refractivity contribution in [1.82, 2.24) is 5.73 Å². The molecule has 0 spiro atoms. The highest BCUT2D eigenvalue weighted by molar-refractivity contribution is 5.95. The second kappa shape index (κ2) is 3.71. The molecule has 1 rings (SSSR count). The van der Waals surface area contributed by atoms with Crippen LogP contribution in [0.3, 0.4) is 0 Å². The number of nitrogens with one attached hydrogen (secondary N) is 1. The predicted octanol–water partition coefficient (Wildman–Crippen LogP) is 0.138. The van der Waals surface area contributed by atoms with Gasteiger partial charge in [-0.2, -0.15) is 0 Å². The van der Waals surface area contributed by atoms with Crippen LogP contribution >= 0.6 is 0 Å². The Morgan fingerprint density at radius 1 is 1.31 bits per heavy atom. The van der Waals surface area contributed by atoms with Crippen LogP contribution in [0.4, 0.5) is 0 Å². The quantitative estimate of drug-likeness (QED) is 0.712. The summed E-state index contributed by atoms with van der Waals surface area (Å²) in [5, 5.41) is 0. The number of carbonyl (C=O) groups is 2. The molecule has 13 heavy (non-hydrogen) atoms. The van der Waals surface area contributed by atoms with Gasteiger partial charge >= 0.3 is 0 Å². The molecule has 0 aromatic heterocycles. The lowest BCUT2D eigenvalue weighted by molar-refractivity contribution is -0.118. The van der Waals surface area contributed by atoms with Crippen LogP contribution in [0, 0.1) is 0 Å². The summed E-state index contributed by atoms with van der Waals surface area (Å²) in [6, 6.07) is 6.52. The molecular formula is C9H9N2O2. The van der Waals surface area contributed by atoms with Crippen LogP contribution in [-0.4, -0.2) is 11.8 Å². The van der Waals surface area contributed by atoms with E-state index in [0.29, 0.717) is 11.1 Å². The molecule has 0 aliphatic rings. The minimum Gasteiger partial charge on any atom is -0.366 e. The average Bonchev–Trinajstić information content (AvgIpc) is 2.03. The summed E-state index contributed by atoms with van der Waals surface area (Å²) in [7, 11) is 0. The molecule has 1 radical (unpaired) electrons. The van der Waals surface area contributed by atoms with E-state index in [1.54, 1.807) is 24.3 Å². The van der Waals surface area contributed by atoms with Crippen molar-refractivity contribution in [1.29, 1.82) is 0 Å². The van der Waals surface area contributed by atoms with Gasteiger partial charge in [0.2, 0.25) is 11.8 Å². The van der Waals surface area contributed by atoms with E-state index in [1.807, 2.05) is 0 Å². The maximum Gasteiger partial charge on any atom is 0.248 e. The lowest BCUT2D eigenvalue weighted by atomic mass is 10.0. The average molecular weight is 177 g/mol. The molecule has 67 valence electrons. The van der Waals surface area contributed by atoms with Gasteiger partial charge in [-0.3, -0.25) is 15.3 Å². The van der Waals surface area contributed by atoms with Gasteiger partial charge in [0, 0.05) is 5.56 Å². The van der Waals surface area contributed by atoms with Gasteiger partial charge < -0.3 is 5.73 Å². The third-order valence-electron chi connectivity index (χ3n) is 1.63. The van der Waals surface area contributed by atoms with E-state index in [2.05, 4.69) is 0 Å². The summed E-state index contributed by atoms with van der Waals surface area (Å²) in [5.74, 6) is -1.30. The molecule has 0 saturated carbocycles. The zero-order valence-electron chi connectivity index (χ0n) is 6.91. The number of hydrogen-bond acceptors (Lipinski definition) is 2. The SMILES string of the molecule is [NH]C(=O)Cc1ccccc1C(N)=O. The largest absolute Gasteiger partial charge is 0.366 e. The third kappa shape index (κ3) is 2.30. The first kappa shape index (κ1) is 9.25. The van der Waals surface area contributed by atoms with Crippen LogP contribution in [0.1, 0.15) is 15.9 Å². The molecule has 0 saturated heterocycles. The van der Waals surface area contributed by atoms with Crippen LogP contribution in [-0.2, 0) is 11.2 Å². The first-order chi connectivity index (χ1) is 6.11. The van der Waals surface area contributed by atoms with E-state index in [1.165, 1.54) is 0 Å². The number of rotatable bonds is 3. The van der Waals surface area contributed by atoms with Crippen molar-refractivity contribution in [2.24, 2.45) is 5.73 Å². The smallest absolute Gasteiger partial charge is 0.248 e. The second-order valence-electron chi connectivity index (χ2n) is 2.62. The summed E-state index contributed by atoms with van der Waals surface area (Å²) in [4.78, 5) is 21.4. The minimum atomic E-state index is -0.728.